The number of hydrazine groups is 1. The fourth-order valence-corrected chi connectivity index (χ4v) is 4.59. The Morgan fingerprint density at radius 2 is 1.59 bits per heavy atom. The second-order valence-corrected chi connectivity index (χ2v) is 8.60. The molecule has 0 spiro atoms. The molecule has 27 heavy (non-hydrogen) atoms. The molecule has 0 saturated heterocycles. The van der Waals surface area contributed by atoms with Crippen LogP contribution in [0.1, 0.15) is 20.0 Å². The predicted molar refractivity (Wildman–Crippen MR) is 112 cm³/mol. The van der Waals surface area contributed by atoms with Crippen molar-refractivity contribution in [3.8, 4) is 9.88 Å². The maximum Gasteiger partial charge on any atom is 0.279 e. The number of thiazole rings is 1. The highest BCUT2D eigenvalue weighted by molar-refractivity contribution is 9.10. The lowest BCUT2D eigenvalue weighted by molar-refractivity contribution is 0.0849. The van der Waals surface area contributed by atoms with E-state index in [-0.39, 0.29) is 11.8 Å². The van der Waals surface area contributed by atoms with Crippen molar-refractivity contribution in [2.24, 2.45) is 0 Å². The van der Waals surface area contributed by atoms with Gasteiger partial charge >= 0.3 is 0 Å². The van der Waals surface area contributed by atoms with Crippen LogP contribution in [0.25, 0.3) is 20.1 Å². The summed E-state index contributed by atoms with van der Waals surface area (Å²) in [4.78, 5) is 30.4. The summed E-state index contributed by atoms with van der Waals surface area (Å²) >= 11 is 6.24. The molecular weight excluding hydrogens is 446 g/mol. The van der Waals surface area contributed by atoms with E-state index in [1.54, 1.807) is 41.7 Å². The maximum absolute atomic E-state index is 12.3. The van der Waals surface area contributed by atoms with Crippen LogP contribution in [-0.2, 0) is 0 Å². The number of hydrogen-bond donors (Lipinski definition) is 2. The Morgan fingerprint density at radius 3 is 2.37 bits per heavy atom. The SMILES string of the molecule is O=C(NNC(=O)c1ccc(-c2nc3ccccc3s2)s1)c1ccc(Br)cc1. The molecule has 0 radical (unpaired) electrons. The number of aromatic nitrogens is 1. The average Bonchev–Trinajstić information content (AvgIpc) is 3.33. The van der Waals surface area contributed by atoms with Crippen molar-refractivity contribution in [3.05, 3.63) is 75.6 Å². The van der Waals surface area contributed by atoms with Gasteiger partial charge in [-0.3, -0.25) is 20.4 Å². The smallest absolute Gasteiger partial charge is 0.267 e. The summed E-state index contributed by atoms with van der Waals surface area (Å²) in [6, 6.07) is 18.4. The van der Waals surface area contributed by atoms with E-state index in [2.05, 4.69) is 31.8 Å². The van der Waals surface area contributed by atoms with Crippen molar-refractivity contribution in [2.75, 3.05) is 0 Å². The monoisotopic (exact) mass is 457 g/mol. The first kappa shape index (κ1) is 17.8. The molecule has 4 aromatic rings. The average molecular weight is 458 g/mol. The topological polar surface area (TPSA) is 71.1 Å². The summed E-state index contributed by atoms with van der Waals surface area (Å²) in [6.07, 6.45) is 0. The molecule has 0 unspecified atom stereocenters. The molecule has 0 bridgehead atoms. The van der Waals surface area contributed by atoms with Crippen LogP contribution in [-0.4, -0.2) is 16.8 Å². The van der Waals surface area contributed by atoms with E-state index in [1.165, 1.54) is 11.3 Å². The Balaban J connectivity index is 1.44. The van der Waals surface area contributed by atoms with Gasteiger partial charge in [0.05, 0.1) is 20.0 Å². The normalized spacial score (nSPS) is 10.7. The highest BCUT2D eigenvalue weighted by Crippen LogP contribution is 2.34. The summed E-state index contributed by atoms with van der Waals surface area (Å²) in [6.45, 7) is 0. The van der Waals surface area contributed by atoms with Gasteiger partial charge in [0.25, 0.3) is 11.8 Å². The minimum absolute atomic E-state index is 0.363. The lowest BCUT2D eigenvalue weighted by Gasteiger charge is -2.06. The number of halogens is 1. The number of carbonyl (C=O) groups excluding carboxylic acids is 2. The number of rotatable bonds is 3. The molecule has 0 atom stereocenters. The Morgan fingerprint density at radius 1 is 0.852 bits per heavy atom. The van der Waals surface area contributed by atoms with Gasteiger partial charge in [0.2, 0.25) is 0 Å². The second-order valence-electron chi connectivity index (χ2n) is 5.57. The number of amides is 2. The molecule has 0 aliphatic rings. The molecule has 2 heterocycles. The number of para-hydroxylation sites is 1. The largest absolute Gasteiger partial charge is 0.279 e. The number of carbonyl (C=O) groups is 2. The van der Waals surface area contributed by atoms with Crippen LogP contribution in [0.5, 0.6) is 0 Å². The molecule has 4 rings (SSSR count). The van der Waals surface area contributed by atoms with E-state index in [1.807, 2.05) is 30.3 Å². The molecule has 0 fully saturated rings. The molecule has 8 heteroatoms. The van der Waals surface area contributed by atoms with E-state index < -0.39 is 0 Å². The molecule has 0 aliphatic carbocycles. The quantitative estimate of drug-likeness (QED) is 0.431. The molecule has 2 aromatic carbocycles. The molecule has 134 valence electrons. The Hall–Kier alpha value is -2.55. The van der Waals surface area contributed by atoms with E-state index in [0.29, 0.717) is 10.4 Å². The number of nitrogens with one attached hydrogen (secondary N) is 2. The van der Waals surface area contributed by atoms with Gasteiger partial charge < -0.3 is 0 Å². The summed E-state index contributed by atoms with van der Waals surface area (Å²) in [5.41, 5.74) is 6.27. The number of nitrogens with zero attached hydrogens (tertiary/aromatic N) is 1. The van der Waals surface area contributed by atoms with Gasteiger partial charge in [0, 0.05) is 10.0 Å². The predicted octanol–water partition coefficient (Wildman–Crippen LogP) is 4.86. The van der Waals surface area contributed by atoms with Crippen LogP contribution >= 0.6 is 38.6 Å². The van der Waals surface area contributed by atoms with Gasteiger partial charge in [-0.25, -0.2) is 4.98 Å². The van der Waals surface area contributed by atoms with Crippen molar-refractivity contribution in [2.45, 2.75) is 0 Å². The molecule has 0 aliphatic heterocycles. The van der Waals surface area contributed by atoms with Crippen LogP contribution in [0.2, 0.25) is 0 Å². The van der Waals surface area contributed by atoms with Crippen molar-refractivity contribution < 1.29 is 9.59 Å². The summed E-state index contributed by atoms with van der Waals surface area (Å²) in [5, 5.41) is 0.874. The fourth-order valence-electron chi connectivity index (χ4n) is 2.40. The van der Waals surface area contributed by atoms with E-state index in [9.17, 15) is 9.59 Å². The van der Waals surface area contributed by atoms with Crippen LogP contribution in [0.15, 0.2) is 65.1 Å². The zero-order valence-electron chi connectivity index (χ0n) is 13.7. The van der Waals surface area contributed by atoms with Gasteiger partial charge in [0.15, 0.2) is 0 Å². The van der Waals surface area contributed by atoms with Gasteiger partial charge in [0.1, 0.15) is 5.01 Å². The third-order valence-corrected chi connectivity index (χ3v) is 6.55. The molecule has 0 saturated carbocycles. The van der Waals surface area contributed by atoms with Crippen molar-refractivity contribution in [1.29, 1.82) is 0 Å². The van der Waals surface area contributed by atoms with Crippen LogP contribution in [0.4, 0.5) is 0 Å². The summed E-state index contributed by atoms with van der Waals surface area (Å²) in [7, 11) is 0. The zero-order chi connectivity index (χ0) is 18.8. The standard InChI is InChI=1S/C19H12BrN3O2S2/c20-12-7-5-11(6-8-12)17(24)22-23-18(25)15-9-10-16(26-15)19-21-13-3-1-2-4-14(13)27-19/h1-10H,(H,22,24)(H,23,25). The second kappa shape index (κ2) is 7.59. The van der Waals surface area contributed by atoms with Crippen molar-refractivity contribution >= 4 is 60.6 Å². The van der Waals surface area contributed by atoms with Crippen LogP contribution in [0.3, 0.4) is 0 Å². The Labute approximate surface area is 171 Å². The minimum Gasteiger partial charge on any atom is -0.267 e. The molecule has 2 aromatic heterocycles. The van der Waals surface area contributed by atoms with Gasteiger partial charge in [-0.1, -0.05) is 28.1 Å². The van der Waals surface area contributed by atoms with E-state index >= 15 is 0 Å². The van der Waals surface area contributed by atoms with Gasteiger partial charge in [-0.15, -0.1) is 22.7 Å². The minimum atomic E-state index is -0.376. The number of fused-ring (bicyclic) bond motifs is 1. The third kappa shape index (κ3) is 3.92. The number of benzene rings is 2. The first-order chi connectivity index (χ1) is 13.1. The zero-order valence-corrected chi connectivity index (χ0v) is 17.0. The first-order valence-corrected chi connectivity index (χ1v) is 10.3. The fraction of sp³-hybridized carbons (Fsp3) is 0. The van der Waals surface area contributed by atoms with Crippen LogP contribution in [0, 0.1) is 0 Å². The highest BCUT2D eigenvalue weighted by Gasteiger charge is 2.14. The lowest BCUT2D eigenvalue weighted by atomic mass is 10.2. The number of hydrogen-bond acceptors (Lipinski definition) is 5. The highest BCUT2D eigenvalue weighted by atomic mass is 79.9. The van der Waals surface area contributed by atoms with E-state index in [0.717, 1.165) is 24.6 Å². The Bertz CT molecular complexity index is 1100. The molecule has 2 N–H and O–H groups in total. The van der Waals surface area contributed by atoms with Crippen molar-refractivity contribution in [1.82, 2.24) is 15.8 Å². The molecular formula is C19H12BrN3O2S2. The van der Waals surface area contributed by atoms with Gasteiger partial charge in [-0.05, 0) is 48.5 Å². The Kier molecular flexibility index (Phi) is 5.02. The number of thiophene rings is 1. The summed E-state index contributed by atoms with van der Waals surface area (Å²) < 4.78 is 1.98. The first-order valence-electron chi connectivity index (χ1n) is 7.92. The van der Waals surface area contributed by atoms with E-state index in [4.69, 9.17) is 0 Å². The summed E-state index contributed by atoms with van der Waals surface area (Å²) in [5.74, 6) is -0.739. The van der Waals surface area contributed by atoms with Gasteiger partial charge in [-0.2, -0.15) is 0 Å². The molecule has 5 nitrogen and oxygen atoms in total. The van der Waals surface area contributed by atoms with Crippen molar-refractivity contribution in [3.63, 3.8) is 0 Å². The molecule has 2 amide bonds. The third-order valence-electron chi connectivity index (χ3n) is 3.73. The maximum atomic E-state index is 12.3. The van der Waals surface area contributed by atoms with Crippen LogP contribution < -0.4 is 10.9 Å². The lowest BCUT2D eigenvalue weighted by Crippen LogP contribution is -2.41.